The number of imidazole rings is 1. The molecule has 4 heteroatoms. The lowest BCUT2D eigenvalue weighted by molar-refractivity contribution is 1.17. The normalized spacial score (nSPS) is 16.5. The molecule has 0 saturated heterocycles. The van der Waals surface area contributed by atoms with Gasteiger partial charge in [0.15, 0.2) is 0 Å². The van der Waals surface area contributed by atoms with Gasteiger partial charge in [-0.15, -0.1) is 0 Å². The Kier molecular flexibility index (Phi) is 2.48. The fraction of sp³-hybridized carbons (Fsp3) is 0.143. The first-order valence-electron chi connectivity index (χ1n) is 5.86. The highest BCUT2D eigenvalue weighted by molar-refractivity contribution is 6.06. The first-order chi connectivity index (χ1) is 8.74. The number of nitrogens with one attached hydrogen (secondary N) is 1. The van der Waals surface area contributed by atoms with Gasteiger partial charge in [-0.05, 0) is 30.2 Å². The Hall–Kier alpha value is -2.36. The number of benzene rings is 1. The zero-order chi connectivity index (χ0) is 12.5. The molecule has 0 fully saturated rings. The highest BCUT2D eigenvalue weighted by Crippen LogP contribution is 2.33. The van der Waals surface area contributed by atoms with Gasteiger partial charge in [-0.25, -0.2) is 4.98 Å². The van der Waals surface area contributed by atoms with Gasteiger partial charge >= 0.3 is 0 Å². The molecule has 0 aliphatic carbocycles. The molecule has 0 amide bonds. The molecule has 3 rings (SSSR count). The van der Waals surface area contributed by atoms with Crippen LogP contribution < -0.4 is 5.73 Å². The molecule has 3 N–H and O–H groups in total. The summed E-state index contributed by atoms with van der Waals surface area (Å²) >= 11 is 0. The van der Waals surface area contributed by atoms with Crippen LogP contribution in [0.5, 0.6) is 0 Å². The third-order valence-electron chi connectivity index (χ3n) is 3.13. The first-order valence-corrected chi connectivity index (χ1v) is 5.86. The lowest BCUT2D eigenvalue weighted by atomic mass is 9.95. The van der Waals surface area contributed by atoms with Gasteiger partial charge in [0, 0.05) is 12.1 Å². The van der Waals surface area contributed by atoms with Gasteiger partial charge in [-0.3, -0.25) is 4.99 Å². The highest BCUT2D eigenvalue weighted by atomic mass is 14.9. The van der Waals surface area contributed by atoms with Gasteiger partial charge in [0.2, 0.25) is 0 Å². The van der Waals surface area contributed by atoms with Crippen LogP contribution in [0, 0.1) is 0 Å². The van der Waals surface area contributed by atoms with Gasteiger partial charge in [0.25, 0.3) is 0 Å². The van der Waals surface area contributed by atoms with E-state index in [4.69, 9.17) is 5.73 Å². The first kappa shape index (κ1) is 10.8. The van der Waals surface area contributed by atoms with Gasteiger partial charge in [0.05, 0.1) is 29.6 Å². The van der Waals surface area contributed by atoms with E-state index < -0.39 is 0 Å². The third kappa shape index (κ3) is 1.82. The molecule has 1 aromatic heterocycles. The average Bonchev–Trinajstić information content (AvgIpc) is 2.84. The minimum absolute atomic E-state index is 0.743. The van der Waals surface area contributed by atoms with E-state index in [-0.39, 0.29) is 0 Å². The smallest absolute Gasteiger partial charge is 0.0924 e. The van der Waals surface area contributed by atoms with Gasteiger partial charge in [-0.2, -0.15) is 0 Å². The number of hydrogen-bond donors (Lipinski definition) is 2. The van der Waals surface area contributed by atoms with Gasteiger partial charge < -0.3 is 10.7 Å². The number of aromatic amines is 1. The second kappa shape index (κ2) is 4.14. The monoisotopic (exact) mass is 238 g/mol. The summed E-state index contributed by atoms with van der Waals surface area (Å²) in [6.07, 6.45) is 6.41. The molecular weight excluding hydrogens is 224 g/mol. The number of hydrogen-bond acceptors (Lipinski definition) is 3. The molecule has 1 aromatic carbocycles. The molecule has 0 spiro atoms. The van der Waals surface area contributed by atoms with E-state index in [2.05, 4.69) is 27.1 Å². The summed E-state index contributed by atoms with van der Waals surface area (Å²) in [5, 5.41) is 0. The molecule has 0 unspecified atom stereocenters. The predicted molar refractivity (Wildman–Crippen MR) is 73.9 cm³/mol. The number of H-pyrrole nitrogens is 1. The number of aliphatic imine (C=N–C) groups is 1. The summed E-state index contributed by atoms with van der Waals surface area (Å²) in [6, 6.07) is 5.93. The molecule has 0 bridgehead atoms. The zero-order valence-corrected chi connectivity index (χ0v) is 10.1. The zero-order valence-electron chi connectivity index (χ0n) is 10.1. The van der Waals surface area contributed by atoms with Crippen LogP contribution in [0.1, 0.15) is 18.2 Å². The van der Waals surface area contributed by atoms with Crippen LogP contribution in [0.15, 0.2) is 41.3 Å². The van der Waals surface area contributed by atoms with E-state index in [1.54, 1.807) is 12.5 Å². The highest BCUT2D eigenvalue weighted by Gasteiger charge is 2.15. The number of rotatable bonds is 1. The van der Waals surface area contributed by atoms with E-state index in [1.807, 2.05) is 19.1 Å². The molecule has 0 radical (unpaired) electrons. The Balaban J connectivity index is 2.05. The minimum Gasteiger partial charge on any atom is -0.397 e. The fourth-order valence-electron chi connectivity index (χ4n) is 2.15. The van der Waals surface area contributed by atoms with Crippen LogP contribution in [0.2, 0.25) is 0 Å². The van der Waals surface area contributed by atoms with Crippen molar-refractivity contribution in [3.05, 3.63) is 47.6 Å². The average molecular weight is 238 g/mol. The Labute approximate surface area is 105 Å². The maximum absolute atomic E-state index is 5.94. The Morgan fingerprint density at radius 3 is 3.06 bits per heavy atom. The lowest BCUT2D eigenvalue weighted by Gasteiger charge is -2.17. The fourth-order valence-corrected chi connectivity index (χ4v) is 2.15. The van der Waals surface area contributed by atoms with Crippen molar-refractivity contribution in [2.75, 3.05) is 5.73 Å². The molecular formula is C14H14N4. The van der Waals surface area contributed by atoms with Crippen molar-refractivity contribution in [2.45, 2.75) is 13.3 Å². The maximum Gasteiger partial charge on any atom is 0.0924 e. The lowest BCUT2D eigenvalue weighted by Crippen LogP contribution is -2.08. The topological polar surface area (TPSA) is 67.1 Å². The predicted octanol–water partition coefficient (Wildman–Crippen LogP) is 2.72. The number of nitrogens with zero attached hydrogens (tertiary/aromatic N) is 2. The van der Waals surface area contributed by atoms with Crippen LogP contribution in [0.4, 0.5) is 11.4 Å². The van der Waals surface area contributed by atoms with Crippen LogP contribution in [0.25, 0.3) is 6.08 Å². The molecule has 0 saturated carbocycles. The van der Waals surface area contributed by atoms with Crippen LogP contribution in [-0.2, 0) is 6.42 Å². The van der Waals surface area contributed by atoms with Crippen molar-refractivity contribution < 1.29 is 0 Å². The summed E-state index contributed by atoms with van der Waals surface area (Å²) in [7, 11) is 0. The summed E-state index contributed by atoms with van der Waals surface area (Å²) in [4.78, 5) is 11.7. The van der Waals surface area contributed by atoms with Crippen molar-refractivity contribution in [3.63, 3.8) is 0 Å². The maximum atomic E-state index is 5.94. The quantitative estimate of drug-likeness (QED) is 0.750. The summed E-state index contributed by atoms with van der Waals surface area (Å²) < 4.78 is 0. The molecule has 2 aromatic rings. The summed E-state index contributed by atoms with van der Waals surface area (Å²) in [5.41, 5.74) is 12.0. The Morgan fingerprint density at radius 2 is 2.28 bits per heavy atom. The van der Waals surface area contributed by atoms with Gasteiger partial charge in [-0.1, -0.05) is 12.1 Å². The van der Waals surface area contributed by atoms with Crippen LogP contribution >= 0.6 is 0 Å². The number of nitrogen functional groups attached to an aromatic ring is 1. The minimum atomic E-state index is 0.743. The largest absolute Gasteiger partial charge is 0.397 e. The van der Waals surface area contributed by atoms with Crippen molar-refractivity contribution in [1.29, 1.82) is 0 Å². The molecule has 4 nitrogen and oxygen atoms in total. The van der Waals surface area contributed by atoms with E-state index in [0.717, 1.165) is 29.2 Å². The number of fused-ring (bicyclic) bond motifs is 1. The molecule has 1 aliphatic rings. The third-order valence-corrected chi connectivity index (χ3v) is 3.13. The molecule has 1 aliphatic heterocycles. The number of anilines is 1. The number of nitrogens with two attached hydrogens (primary N) is 1. The van der Waals surface area contributed by atoms with Crippen molar-refractivity contribution in [2.24, 2.45) is 4.99 Å². The molecule has 90 valence electrons. The van der Waals surface area contributed by atoms with Crippen LogP contribution in [-0.4, -0.2) is 15.7 Å². The van der Waals surface area contributed by atoms with E-state index >= 15 is 0 Å². The van der Waals surface area contributed by atoms with Crippen molar-refractivity contribution in [1.82, 2.24) is 9.97 Å². The van der Waals surface area contributed by atoms with E-state index in [1.165, 1.54) is 11.1 Å². The molecule has 18 heavy (non-hydrogen) atoms. The van der Waals surface area contributed by atoms with Crippen molar-refractivity contribution >= 4 is 23.2 Å². The molecule has 0 atom stereocenters. The Bertz CT molecular complexity index is 636. The van der Waals surface area contributed by atoms with Crippen LogP contribution in [0.3, 0.4) is 0 Å². The second-order valence-corrected chi connectivity index (χ2v) is 4.41. The SMILES string of the molecule is CC1=Nc2c(N)cccc2CC1=Cc1cnc[nH]1. The summed E-state index contributed by atoms with van der Waals surface area (Å²) in [6.45, 7) is 2.01. The van der Waals surface area contributed by atoms with Gasteiger partial charge in [0.1, 0.15) is 0 Å². The standard InChI is InChI=1S/C14H14N4/c1-9-11(6-12-7-16-8-17-12)5-10-3-2-4-13(15)14(10)18-9/h2-4,6-8H,5,15H2,1H3,(H,16,17). The Morgan fingerprint density at radius 1 is 1.39 bits per heavy atom. The van der Waals surface area contributed by atoms with E-state index in [9.17, 15) is 0 Å². The van der Waals surface area contributed by atoms with Crippen molar-refractivity contribution in [3.8, 4) is 0 Å². The number of para-hydroxylation sites is 1. The molecule has 2 heterocycles. The number of aromatic nitrogens is 2. The second-order valence-electron chi connectivity index (χ2n) is 4.41. The van der Waals surface area contributed by atoms with E-state index in [0.29, 0.717) is 0 Å². The number of allylic oxidation sites excluding steroid dienone is 1. The summed E-state index contributed by atoms with van der Waals surface area (Å²) in [5.74, 6) is 0.